The maximum absolute atomic E-state index is 13.6. The third-order valence-electron chi connectivity index (χ3n) is 7.46. The summed E-state index contributed by atoms with van der Waals surface area (Å²) in [5.74, 6) is -0.0959. The third kappa shape index (κ3) is 5.25. The Morgan fingerprint density at radius 3 is 2.54 bits per heavy atom. The molecule has 1 amide bonds. The number of dihydropyridines is 1. The fourth-order valence-electron chi connectivity index (χ4n) is 5.62. The maximum Gasteiger partial charge on any atom is 0.252 e. The van der Waals surface area contributed by atoms with E-state index < -0.39 is 0 Å². The summed E-state index contributed by atoms with van der Waals surface area (Å²) in [4.78, 5) is 15.8. The minimum absolute atomic E-state index is 0.0959. The molecule has 2 heterocycles. The second-order valence-electron chi connectivity index (χ2n) is 10.7. The Labute approximate surface area is 219 Å². The van der Waals surface area contributed by atoms with Gasteiger partial charge in [-0.25, -0.2) is 0 Å². The van der Waals surface area contributed by atoms with Gasteiger partial charge in [0.25, 0.3) is 5.91 Å². The SMILES string of the molecule is C=C1NC(C)=CC(C)=C1CNC(=O)c1cc(-c2ccc(CN(C)C)cc2)cc2c1cnn2C1CCCC1. The molecule has 3 aromatic rings. The number of nitrogens with one attached hydrogen (secondary N) is 2. The summed E-state index contributed by atoms with van der Waals surface area (Å²) in [5, 5.41) is 12.1. The van der Waals surface area contributed by atoms with Gasteiger partial charge in [-0.05, 0) is 86.8 Å². The number of aromatic nitrogens is 2. The first-order chi connectivity index (χ1) is 17.8. The standard InChI is InChI=1S/C31H37N5O/c1-20-14-21(2)34-22(3)28(20)17-32-31(37)27-15-25(24-12-10-23(11-13-24)19-35(4)5)16-30-29(27)18-33-36(30)26-8-6-7-9-26/h10-16,18,26,34H,3,6-9,17,19H2,1-2,4-5H3,(H,32,37). The summed E-state index contributed by atoms with van der Waals surface area (Å²) < 4.78 is 2.15. The monoisotopic (exact) mass is 495 g/mol. The maximum atomic E-state index is 13.6. The zero-order valence-electron chi connectivity index (χ0n) is 22.4. The molecule has 2 N–H and O–H groups in total. The Hall–Kier alpha value is -3.64. The average molecular weight is 496 g/mol. The van der Waals surface area contributed by atoms with Gasteiger partial charge >= 0.3 is 0 Å². The quantitative estimate of drug-likeness (QED) is 0.425. The molecular weight excluding hydrogens is 458 g/mol. The van der Waals surface area contributed by atoms with Gasteiger partial charge in [0.15, 0.2) is 0 Å². The van der Waals surface area contributed by atoms with Crippen LogP contribution in [0.1, 0.15) is 61.5 Å². The van der Waals surface area contributed by atoms with Gasteiger partial charge in [-0.2, -0.15) is 5.10 Å². The van der Waals surface area contributed by atoms with Crippen molar-refractivity contribution in [3.8, 4) is 11.1 Å². The van der Waals surface area contributed by atoms with Crippen molar-refractivity contribution in [1.82, 2.24) is 25.3 Å². The van der Waals surface area contributed by atoms with Crippen molar-refractivity contribution in [2.24, 2.45) is 0 Å². The second kappa shape index (κ2) is 10.4. The predicted molar refractivity (Wildman–Crippen MR) is 151 cm³/mol. The van der Waals surface area contributed by atoms with Crippen molar-refractivity contribution in [2.75, 3.05) is 20.6 Å². The molecule has 1 saturated carbocycles. The minimum atomic E-state index is -0.0959. The molecule has 1 aliphatic carbocycles. The van der Waals surface area contributed by atoms with Crippen LogP contribution in [0.4, 0.5) is 0 Å². The van der Waals surface area contributed by atoms with Crippen LogP contribution < -0.4 is 10.6 Å². The molecule has 2 aromatic carbocycles. The van der Waals surface area contributed by atoms with Crippen molar-refractivity contribution >= 4 is 16.8 Å². The highest BCUT2D eigenvalue weighted by molar-refractivity contribution is 6.08. The van der Waals surface area contributed by atoms with E-state index >= 15 is 0 Å². The van der Waals surface area contributed by atoms with Gasteiger partial charge in [-0.1, -0.05) is 43.7 Å². The highest BCUT2D eigenvalue weighted by Crippen LogP contribution is 2.35. The first kappa shape index (κ1) is 25.0. The van der Waals surface area contributed by atoms with E-state index in [0.29, 0.717) is 18.2 Å². The number of benzene rings is 2. The molecule has 0 radical (unpaired) electrons. The molecular formula is C31H37N5O. The van der Waals surface area contributed by atoms with Crippen LogP contribution in [0, 0.1) is 0 Å². The Bertz CT molecular complexity index is 1400. The lowest BCUT2D eigenvalue weighted by molar-refractivity contribution is 0.0959. The number of carbonyl (C=O) groups excluding carboxylic acids is 1. The molecule has 6 nitrogen and oxygen atoms in total. The smallest absolute Gasteiger partial charge is 0.252 e. The number of hydrogen-bond acceptors (Lipinski definition) is 4. The van der Waals surface area contributed by atoms with Gasteiger partial charge in [0, 0.05) is 29.9 Å². The van der Waals surface area contributed by atoms with E-state index in [1.807, 2.05) is 19.2 Å². The number of nitrogens with zero attached hydrogens (tertiary/aromatic N) is 3. The summed E-state index contributed by atoms with van der Waals surface area (Å²) in [6, 6.07) is 13.2. The average Bonchev–Trinajstić information content (AvgIpc) is 3.52. The first-order valence-corrected chi connectivity index (χ1v) is 13.2. The van der Waals surface area contributed by atoms with Crippen LogP contribution in [0.2, 0.25) is 0 Å². The molecule has 0 spiro atoms. The number of carbonyl (C=O) groups is 1. The normalized spacial score (nSPS) is 16.5. The molecule has 1 aromatic heterocycles. The molecule has 1 fully saturated rings. The summed E-state index contributed by atoms with van der Waals surface area (Å²) in [7, 11) is 4.15. The van der Waals surface area contributed by atoms with Crippen LogP contribution in [0.15, 0.2) is 77.8 Å². The number of hydrogen-bond donors (Lipinski definition) is 2. The summed E-state index contributed by atoms with van der Waals surface area (Å²) in [5.41, 5.74) is 9.12. The number of allylic oxidation sites excluding steroid dienone is 3. The Morgan fingerprint density at radius 1 is 1.14 bits per heavy atom. The van der Waals surface area contributed by atoms with E-state index in [9.17, 15) is 4.79 Å². The van der Waals surface area contributed by atoms with Crippen LogP contribution >= 0.6 is 0 Å². The lowest BCUT2D eigenvalue weighted by Gasteiger charge is -2.21. The van der Waals surface area contributed by atoms with Crippen molar-refractivity contribution in [1.29, 1.82) is 0 Å². The largest absolute Gasteiger partial charge is 0.359 e. The zero-order valence-corrected chi connectivity index (χ0v) is 22.4. The lowest BCUT2D eigenvalue weighted by atomic mass is 9.98. The van der Waals surface area contributed by atoms with E-state index in [1.54, 1.807) is 0 Å². The highest BCUT2D eigenvalue weighted by atomic mass is 16.1. The minimum Gasteiger partial charge on any atom is -0.359 e. The number of rotatable bonds is 7. The molecule has 0 bridgehead atoms. The zero-order chi connectivity index (χ0) is 26.1. The molecule has 6 heteroatoms. The molecule has 0 atom stereocenters. The number of fused-ring (bicyclic) bond motifs is 1. The van der Waals surface area contributed by atoms with E-state index in [0.717, 1.165) is 64.0 Å². The van der Waals surface area contributed by atoms with E-state index in [2.05, 4.69) is 84.2 Å². The fourth-order valence-corrected chi connectivity index (χ4v) is 5.62. The van der Waals surface area contributed by atoms with Crippen LogP contribution in [-0.2, 0) is 6.54 Å². The van der Waals surface area contributed by atoms with Gasteiger partial charge in [0.1, 0.15) is 0 Å². The van der Waals surface area contributed by atoms with Crippen molar-refractivity contribution in [3.05, 3.63) is 88.9 Å². The third-order valence-corrected chi connectivity index (χ3v) is 7.46. The van der Waals surface area contributed by atoms with Crippen LogP contribution in [0.5, 0.6) is 0 Å². The Morgan fingerprint density at radius 2 is 1.86 bits per heavy atom. The lowest BCUT2D eigenvalue weighted by Crippen LogP contribution is -2.30. The molecule has 37 heavy (non-hydrogen) atoms. The number of amides is 1. The van der Waals surface area contributed by atoms with Crippen LogP contribution in [0.3, 0.4) is 0 Å². The van der Waals surface area contributed by atoms with E-state index in [1.165, 1.54) is 18.4 Å². The van der Waals surface area contributed by atoms with Crippen molar-refractivity contribution in [2.45, 2.75) is 52.1 Å². The fraction of sp³-hybridized carbons (Fsp3) is 0.355. The second-order valence-corrected chi connectivity index (χ2v) is 10.7. The summed E-state index contributed by atoms with van der Waals surface area (Å²) >= 11 is 0. The molecule has 0 unspecified atom stereocenters. The van der Waals surface area contributed by atoms with E-state index in [-0.39, 0.29) is 5.91 Å². The van der Waals surface area contributed by atoms with Gasteiger partial charge in [0.2, 0.25) is 0 Å². The van der Waals surface area contributed by atoms with Gasteiger partial charge in [-0.3, -0.25) is 9.48 Å². The first-order valence-electron chi connectivity index (χ1n) is 13.2. The van der Waals surface area contributed by atoms with Crippen LogP contribution in [-0.4, -0.2) is 41.2 Å². The summed E-state index contributed by atoms with van der Waals surface area (Å²) in [6.07, 6.45) is 8.68. The van der Waals surface area contributed by atoms with Gasteiger partial charge < -0.3 is 15.5 Å². The Balaban J connectivity index is 1.51. The van der Waals surface area contributed by atoms with Gasteiger partial charge in [-0.15, -0.1) is 0 Å². The topological polar surface area (TPSA) is 62.2 Å². The van der Waals surface area contributed by atoms with Gasteiger partial charge in [0.05, 0.1) is 23.3 Å². The van der Waals surface area contributed by atoms with Crippen LogP contribution in [0.25, 0.3) is 22.0 Å². The Kier molecular flexibility index (Phi) is 7.02. The molecule has 0 saturated heterocycles. The summed E-state index contributed by atoms with van der Waals surface area (Å²) in [6.45, 7) is 9.53. The molecule has 2 aliphatic rings. The molecule has 5 rings (SSSR count). The highest BCUT2D eigenvalue weighted by Gasteiger charge is 2.23. The van der Waals surface area contributed by atoms with E-state index in [4.69, 9.17) is 5.10 Å². The predicted octanol–water partition coefficient (Wildman–Crippen LogP) is 5.95. The van der Waals surface area contributed by atoms with Crippen molar-refractivity contribution < 1.29 is 4.79 Å². The molecule has 192 valence electrons. The van der Waals surface area contributed by atoms with Crippen molar-refractivity contribution in [3.63, 3.8) is 0 Å². The molecule has 1 aliphatic heterocycles.